The first kappa shape index (κ1) is 17.2. The van der Waals surface area contributed by atoms with Crippen LogP contribution in [0.3, 0.4) is 0 Å². The van der Waals surface area contributed by atoms with Crippen molar-refractivity contribution < 1.29 is 4.79 Å². The van der Waals surface area contributed by atoms with Crippen molar-refractivity contribution in [3.05, 3.63) is 39.4 Å². The number of aromatic nitrogens is 4. The molecule has 3 rings (SSSR count). The number of amides is 2. The van der Waals surface area contributed by atoms with E-state index < -0.39 is 0 Å². The van der Waals surface area contributed by atoms with Crippen molar-refractivity contribution in [3.63, 3.8) is 0 Å². The number of fused-ring (bicyclic) bond motifs is 1. The number of hydrogen-bond donors (Lipinski definition) is 1. The first-order chi connectivity index (χ1) is 11.9. The lowest BCUT2D eigenvalue weighted by atomic mass is 10.1. The Kier molecular flexibility index (Phi) is 4.61. The molecule has 1 unspecified atom stereocenters. The highest BCUT2D eigenvalue weighted by atomic mass is 16.2. The molecule has 1 aliphatic rings. The Bertz CT molecular complexity index is 853. The average molecular weight is 344 g/mol. The fraction of sp³-hybridized carbons (Fsp3) is 0.529. The van der Waals surface area contributed by atoms with Crippen LogP contribution in [0, 0.1) is 6.92 Å². The number of nitrogens with zero attached hydrogens (tertiary/aromatic N) is 5. The molecule has 2 amide bonds. The minimum absolute atomic E-state index is 0.163. The van der Waals surface area contributed by atoms with Gasteiger partial charge in [-0.1, -0.05) is 6.92 Å². The number of urea groups is 1. The van der Waals surface area contributed by atoms with Crippen molar-refractivity contribution in [2.75, 3.05) is 11.9 Å². The molecule has 0 saturated heterocycles. The third kappa shape index (κ3) is 3.42. The van der Waals surface area contributed by atoms with Crippen molar-refractivity contribution in [2.24, 2.45) is 7.05 Å². The van der Waals surface area contributed by atoms with E-state index in [1.54, 1.807) is 18.0 Å². The molecule has 0 radical (unpaired) electrons. The molecule has 1 N–H and O–H groups in total. The van der Waals surface area contributed by atoms with Crippen LogP contribution in [-0.2, 0) is 20.0 Å². The van der Waals surface area contributed by atoms with Gasteiger partial charge in [0.15, 0.2) is 5.82 Å². The van der Waals surface area contributed by atoms with Crippen LogP contribution in [0.1, 0.15) is 43.3 Å². The zero-order chi connectivity index (χ0) is 18.1. The van der Waals surface area contributed by atoms with Crippen LogP contribution in [0.15, 0.2) is 16.9 Å². The SMILES string of the molecule is CCC(C)n1nc(NC(=O)N2CCc3nn(C)c(=O)cc3C2)cc1C. The summed E-state index contributed by atoms with van der Waals surface area (Å²) in [5.41, 5.74) is 2.54. The summed E-state index contributed by atoms with van der Waals surface area (Å²) < 4.78 is 3.26. The number of carbonyl (C=O) groups is 1. The molecule has 1 atom stereocenters. The maximum atomic E-state index is 12.6. The highest BCUT2D eigenvalue weighted by molar-refractivity contribution is 5.88. The zero-order valence-electron chi connectivity index (χ0n) is 15.1. The Morgan fingerprint density at radius 3 is 2.84 bits per heavy atom. The lowest BCUT2D eigenvalue weighted by Crippen LogP contribution is -2.40. The molecule has 0 aromatic carbocycles. The molecule has 2 aromatic rings. The number of carbonyl (C=O) groups excluding carboxylic acids is 1. The molecular weight excluding hydrogens is 320 g/mol. The summed E-state index contributed by atoms with van der Waals surface area (Å²) in [6, 6.07) is 3.51. The van der Waals surface area contributed by atoms with Gasteiger partial charge in [0, 0.05) is 56.0 Å². The second-order valence-electron chi connectivity index (χ2n) is 6.55. The van der Waals surface area contributed by atoms with Gasteiger partial charge in [-0.15, -0.1) is 0 Å². The molecule has 0 aliphatic carbocycles. The Hall–Kier alpha value is -2.64. The molecule has 25 heavy (non-hydrogen) atoms. The molecule has 0 spiro atoms. The summed E-state index contributed by atoms with van der Waals surface area (Å²) in [7, 11) is 1.64. The van der Waals surface area contributed by atoms with Gasteiger partial charge in [-0.3, -0.25) is 14.8 Å². The zero-order valence-corrected chi connectivity index (χ0v) is 15.1. The number of rotatable bonds is 3. The van der Waals surface area contributed by atoms with E-state index in [9.17, 15) is 9.59 Å². The fourth-order valence-corrected chi connectivity index (χ4v) is 3.02. The third-order valence-corrected chi connectivity index (χ3v) is 4.69. The van der Waals surface area contributed by atoms with E-state index in [4.69, 9.17) is 0 Å². The van der Waals surface area contributed by atoms with Crippen molar-refractivity contribution in [2.45, 2.75) is 46.2 Å². The van der Waals surface area contributed by atoms with Gasteiger partial charge >= 0.3 is 6.03 Å². The largest absolute Gasteiger partial charge is 0.323 e. The van der Waals surface area contributed by atoms with E-state index in [1.807, 2.05) is 17.7 Å². The van der Waals surface area contributed by atoms with Gasteiger partial charge in [0.25, 0.3) is 5.56 Å². The fourth-order valence-electron chi connectivity index (χ4n) is 3.02. The minimum atomic E-state index is -0.208. The lowest BCUT2D eigenvalue weighted by molar-refractivity contribution is 0.205. The highest BCUT2D eigenvalue weighted by Crippen LogP contribution is 2.19. The highest BCUT2D eigenvalue weighted by Gasteiger charge is 2.23. The summed E-state index contributed by atoms with van der Waals surface area (Å²) in [5.74, 6) is 0.552. The van der Waals surface area contributed by atoms with E-state index >= 15 is 0 Å². The van der Waals surface area contributed by atoms with Crippen molar-refractivity contribution >= 4 is 11.8 Å². The number of nitrogens with one attached hydrogen (secondary N) is 1. The predicted molar refractivity (Wildman–Crippen MR) is 94.6 cm³/mol. The Labute approximate surface area is 146 Å². The van der Waals surface area contributed by atoms with Crippen LogP contribution < -0.4 is 10.9 Å². The van der Waals surface area contributed by atoms with Gasteiger partial charge < -0.3 is 4.90 Å². The van der Waals surface area contributed by atoms with E-state index in [1.165, 1.54) is 4.68 Å². The van der Waals surface area contributed by atoms with Crippen molar-refractivity contribution in [3.8, 4) is 0 Å². The quantitative estimate of drug-likeness (QED) is 0.921. The average Bonchev–Trinajstić information content (AvgIpc) is 2.95. The number of hydrogen-bond acceptors (Lipinski definition) is 4. The maximum absolute atomic E-state index is 12.6. The third-order valence-electron chi connectivity index (χ3n) is 4.69. The smallest absolute Gasteiger partial charge is 0.320 e. The van der Waals surface area contributed by atoms with Crippen LogP contribution in [0.2, 0.25) is 0 Å². The van der Waals surface area contributed by atoms with Crippen LogP contribution in [0.25, 0.3) is 0 Å². The molecule has 3 heterocycles. The molecule has 8 heteroatoms. The predicted octanol–water partition coefficient (Wildman–Crippen LogP) is 1.85. The van der Waals surface area contributed by atoms with Crippen molar-refractivity contribution in [1.29, 1.82) is 0 Å². The normalized spacial score (nSPS) is 15.0. The summed E-state index contributed by atoms with van der Waals surface area (Å²) in [6.07, 6.45) is 1.61. The van der Waals surface area contributed by atoms with Crippen LogP contribution in [-0.4, -0.2) is 37.0 Å². The van der Waals surface area contributed by atoms with Crippen LogP contribution >= 0.6 is 0 Å². The van der Waals surface area contributed by atoms with E-state index in [0.717, 1.165) is 23.4 Å². The molecule has 0 saturated carbocycles. The summed E-state index contributed by atoms with van der Waals surface area (Å²) in [5, 5.41) is 11.6. The second kappa shape index (κ2) is 6.70. The molecule has 8 nitrogen and oxygen atoms in total. The van der Waals surface area contributed by atoms with Gasteiger partial charge in [0.1, 0.15) is 0 Å². The first-order valence-corrected chi connectivity index (χ1v) is 8.57. The van der Waals surface area contributed by atoms with Crippen molar-refractivity contribution in [1.82, 2.24) is 24.5 Å². The van der Waals surface area contributed by atoms with Gasteiger partial charge in [0.2, 0.25) is 0 Å². The monoisotopic (exact) mass is 344 g/mol. The lowest BCUT2D eigenvalue weighted by Gasteiger charge is -2.27. The van der Waals surface area contributed by atoms with Gasteiger partial charge in [-0.2, -0.15) is 10.2 Å². The molecular formula is C17H24N6O2. The Morgan fingerprint density at radius 1 is 1.36 bits per heavy atom. The summed E-state index contributed by atoms with van der Waals surface area (Å²) in [6.45, 7) is 7.13. The number of aryl methyl sites for hydroxylation is 2. The van der Waals surface area contributed by atoms with Gasteiger partial charge in [0.05, 0.1) is 5.69 Å². The first-order valence-electron chi connectivity index (χ1n) is 8.57. The van der Waals surface area contributed by atoms with Crippen LogP contribution in [0.5, 0.6) is 0 Å². The van der Waals surface area contributed by atoms with Gasteiger partial charge in [-0.25, -0.2) is 9.48 Å². The second-order valence-corrected chi connectivity index (χ2v) is 6.55. The summed E-state index contributed by atoms with van der Waals surface area (Å²) in [4.78, 5) is 26.0. The topological polar surface area (TPSA) is 85.1 Å². The van der Waals surface area contributed by atoms with E-state index in [0.29, 0.717) is 25.3 Å². The summed E-state index contributed by atoms with van der Waals surface area (Å²) >= 11 is 0. The Morgan fingerprint density at radius 2 is 2.12 bits per heavy atom. The van der Waals surface area contributed by atoms with E-state index in [2.05, 4.69) is 29.4 Å². The number of anilines is 1. The molecule has 0 fully saturated rings. The molecule has 134 valence electrons. The van der Waals surface area contributed by atoms with Crippen LogP contribution in [0.4, 0.5) is 10.6 Å². The Balaban J connectivity index is 1.72. The molecule has 1 aliphatic heterocycles. The standard InChI is InChI=1S/C17H24N6O2/c1-5-11(2)23-12(3)8-15(20-23)18-17(25)22-7-6-14-13(10-22)9-16(24)21(4)19-14/h8-9,11H,5-7,10H2,1-4H3,(H,18,20,25). The van der Waals surface area contributed by atoms with Gasteiger partial charge in [-0.05, 0) is 20.3 Å². The maximum Gasteiger partial charge on any atom is 0.323 e. The minimum Gasteiger partial charge on any atom is -0.320 e. The molecule has 0 bridgehead atoms. The molecule has 2 aromatic heterocycles. The van der Waals surface area contributed by atoms with E-state index in [-0.39, 0.29) is 17.6 Å².